The van der Waals surface area contributed by atoms with Crippen LogP contribution in [0.5, 0.6) is 5.75 Å². The lowest BCUT2D eigenvalue weighted by atomic mass is 10.0. The molecule has 1 amide bonds. The summed E-state index contributed by atoms with van der Waals surface area (Å²) in [6, 6.07) is 3.76. The van der Waals surface area contributed by atoms with Crippen molar-refractivity contribution >= 4 is 15.9 Å². The minimum atomic E-state index is -4.86. The number of aliphatic hydroxyl groups is 1. The van der Waals surface area contributed by atoms with Gasteiger partial charge in [-0.1, -0.05) is 0 Å². The second-order valence-corrected chi connectivity index (χ2v) is 8.06. The summed E-state index contributed by atoms with van der Waals surface area (Å²) in [5.41, 5.74) is 0. The molecule has 0 radical (unpaired) electrons. The molecule has 0 aromatic heterocycles. The smallest absolute Gasteiger partial charge is 0.406 e. The number of nitrogens with one attached hydrogen (secondary N) is 1. The van der Waals surface area contributed by atoms with Crippen molar-refractivity contribution in [3.63, 3.8) is 0 Å². The van der Waals surface area contributed by atoms with Gasteiger partial charge in [0.25, 0.3) is 0 Å². The third kappa shape index (κ3) is 6.36. The molecule has 152 valence electrons. The number of benzene rings is 1. The fourth-order valence-electron chi connectivity index (χ4n) is 2.76. The molecule has 2 unspecified atom stereocenters. The zero-order valence-corrected chi connectivity index (χ0v) is 15.4. The second-order valence-electron chi connectivity index (χ2n) is 6.30. The molecule has 7 nitrogen and oxygen atoms in total. The average Bonchev–Trinajstić information content (AvgIpc) is 3.04. The molecule has 1 aliphatic rings. The molecule has 2 N–H and O–H groups in total. The van der Waals surface area contributed by atoms with Crippen molar-refractivity contribution in [2.75, 3.05) is 19.6 Å². The summed E-state index contributed by atoms with van der Waals surface area (Å²) in [5.74, 6) is -0.740. The predicted octanol–water partition coefficient (Wildman–Crippen LogP) is 1.48. The number of aliphatic hydroxyl groups excluding tert-OH is 1. The number of nitrogens with zero attached hydrogens (tertiary/aromatic N) is 1. The van der Waals surface area contributed by atoms with Crippen molar-refractivity contribution < 1.29 is 36.2 Å². The van der Waals surface area contributed by atoms with Crippen LogP contribution in [0.4, 0.5) is 13.2 Å². The molecule has 2 atom stereocenters. The molecule has 2 rings (SSSR count). The van der Waals surface area contributed by atoms with Crippen LogP contribution in [0.15, 0.2) is 29.2 Å². The Kier molecular flexibility index (Phi) is 6.71. The van der Waals surface area contributed by atoms with E-state index >= 15 is 0 Å². The zero-order chi connectivity index (χ0) is 20.2. The van der Waals surface area contributed by atoms with Gasteiger partial charge in [0.1, 0.15) is 5.75 Å². The van der Waals surface area contributed by atoms with Gasteiger partial charge in [0.15, 0.2) is 0 Å². The SMILES string of the molecule is CC(O)C1CCN(C(=O)CCNS(=O)(=O)c2ccc(OC(F)(F)F)cc2)C1. The number of alkyl halides is 3. The molecule has 0 saturated carbocycles. The molecule has 27 heavy (non-hydrogen) atoms. The van der Waals surface area contributed by atoms with E-state index in [1.54, 1.807) is 11.8 Å². The predicted molar refractivity (Wildman–Crippen MR) is 89.3 cm³/mol. The quantitative estimate of drug-likeness (QED) is 0.710. The third-order valence-electron chi connectivity index (χ3n) is 4.26. The Bertz CT molecular complexity index is 750. The van der Waals surface area contributed by atoms with Crippen LogP contribution >= 0.6 is 0 Å². The Morgan fingerprint density at radius 2 is 2.00 bits per heavy atom. The molecular formula is C16H21F3N2O5S. The van der Waals surface area contributed by atoms with Crippen molar-refractivity contribution in [1.29, 1.82) is 0 Å². The van der Waals surface area contributed by atoms with E-state index in [-0.39, 0.29) is 29.7 Å². The Labute approximate surface area is 155 Å². The van der Waals surface area contributed by atoms with Gasteiger partial charge in [-0.05, 0) is 37.6 Å². The fourth-order valence-corrected chi connectivity index (χ4v) is 3.79. The molecule has 1 heterocycles. The highest BCUT2D eigenvalue weighted by Gasteiger charge is 2.31. The summed E-state index contributed by atoms with van der Waals surface area (Å²) in [6.07, 6.45) is -4.73. The van der Waals surface area contributed by atoms with Gasteiger partial charge in [0.05, 0.1) is 11.0 Å². The van der Waals surface area contributed by atoms with E-state index < -0.39 is 28.2 Å². The van der Waals surface area contributed by atoms with E-state index in [2.05, 4.69) is 9.46 Å². The van der Waals surface area contributed by atoms with Crippen LogP contribution in [-0.2, 0) is 14.8 Å². The van der Waals surface area contributed by atoms with E-state index in [1.807, 2.05) is 0 Å². The lowest BCUT2D eigenvalue weighted by Crippen LogP contribution is -2.34. The molecule has 0 bridgehead atoms. The number of sulfonamides is 1. The standard InChI is InChI=1S/C16H21F3N2O5S/c1-11(22)12-7-9-21(10-12)15(23)6-8-20-27(24,25)14-4-2-13(3-5-14)26-16(17,18)19/h2-5,11-12,20,22H,6-10H2,1H3. The first-order valence-electron chi connectivity index (χ1n) is 8.29. The number of ether oxygens (including phenoxy) is 1. The first-order chi connectivity index (χ1) is 12.5. The fraction of sp³-hybridized carbons (Fsp3) is 0.562. The molecule has 1 saturated heterocycles. The van der Waals surface area contributed by atoms with E-state index in [1.165, 1.54) is 0 Å². The molecule has 0 aliphatic carbocycles. The first kappa shape index (κ1) is 21.5. The van der Waals surface area contributed by atoms with Gasteiger partial charge in [-0.25, -0.2) is 13.1 Å². The Hall–Kier alpha value is -1.85. The zero-order valence-electron chi connectivity index (χ0n) is 14.6. The Balaban J connectivity index is 1.85. The minimum Gasteiger partial charge on any atom is -0.406 e. The van der Waals surface area contributed by atoms with Crippen LogP contribution in [0.25, 0.3) is 0 Å². The van der Waals surface area contributed by atoms with Gasteiger partial charge in [-0.2, -0.15) is 0 Å². The number of amides is 1. The van der Waals surface area contributed by atoms with Crippen LogP contribution in [0, 0.1) is 5.92 Å². The highest BCUT2D eigenvalue weighted by molar-refractivity contribution is 7.89. The number of rotatable bonds is 7. The summed E-state index contributed by atoms with van der Waals surface area (Å²) in [5, 5.41) is 9.54. The van der Waals surface area contributed by atoms with Crippen molar-refractivity contribution in [3.8, 4) is 5.75 Å². The van der Waals surface area contributed by atoms with Gasteiger partial charge in [0, 0.05) is 32.0 Å². The molecular weight excluding hydrogens is 389 g/mol. The van der Waals surface area contributed by atoms with Gasteiger partial charge in [-0.3, -0.25) is 4.79 Å². The van der Waals surface area contributed by atoms with Gasteiger partial charge >= 0.3 is 6.36 Å². The number of halogens is 3. The molecule has 1 fully saturated rings. The van der Waals surface area contributed by atoms with Crippen LogP contribution in [0.1, 0.15) is 19.8 Å². The van der Waals surface area contributed by atoms with Crippen LogP contribution < -0.4 is 9.46 Å². The summed E-state index contributed by atoms with van der Waals surface area (Å²) >= 11 is 0. The topological polar surface area (TPSA) is 95.9 Å². The highest BCUT2D eigenvalue weighted by atomic mass is 32.2. The van der Waals surface area contributed by atoms with Crippen molar-refractivity contribution in [2.24, 2.45) is 5.92 Å². The number of likely N-dealkylation sites (tertiary alicyclic amines) is 1. The van der Waals surface area contributed by atoms with Crippen LogP contribution in [0.2, 0.25) is 0 Å². The number of carbonyl (C=O) groups is 1. The van der Waals surface area contributed by atoms with Crippen LogP contribution in [0.3, 0.4) is 0 Å². The maximum absolute atomic E-state index is 12.1. The summed E-state index contributed by atoms with van der Waals surface area (Å²) in [7, 11) is -3.96. The maximum Gasteiger partial charge on any atom is 0.573 e. The van der Waals surface area contributed by atoms with E-state index in [9.17, 15) is 31.5 Å². The van der Waals surface area contributed by atoms with E-state index in [4.69, 9.17) is 0 Å². The minimum absolute atomic E-state index is 0.0167. The van der Waals surface area contributed by atoms with E-state index in [0.717, 1.165) is 24.3 Å². The molecule has 11 heteroatoms. The molecule has 1 aromatic rings. The Morgan fingerprint density at radius 3 is 2.52 bits per heavy atom. The normalized spacial score (nSPS) is 19.1. The van der Waals surface area contributed by atoms with Crippen molar-refractivity contribution in [1.82, 2.24) is 9.62 Å². The van der Waals surface area contributed by atoms with Gasteiger partial charge < -0.3 is 14.7 Å². The van der Waals surface area contributed by atoms with Crippen molar-refractivity contribution in [3.05, 3.63) is 24.3 Å². The second kappa shape index (κ2) is 8.44. The highest BCUT2D eigenvalue weighted by Crippen LogP contribution is 2.24. The number of carbonyl (C=O) groups excluding carboxylic acids is 1. The van der Waals surface area contributed by atoms with Crippen LogP contribution in [-0.4, -0.2) is 56.4 Å². The molecule has 0 spiro atoms. The maximum atomic E-state index is 12.1. The summed E-state index contributed by atoms with van der Waals surface area (Å²) < 4.78 is 66.5. The first-order valence-corrected chi connectivity index (χ1v) is 9.77. The van der Waals surface area contributed by atoms with E-state index in [0.29, 0.717) is 19.5 Å². The van der Waals surface area contributed by atoms with Gasteiger partial charge in [0.2, 0.25) is 15.9 Å². The Morgan fingerprint density at radius 1 is 1.37 bits per heavy atom. The molecule has 1 aromatic carbocycles. The number of hydrogen-bond donors (Lipinski definition) is 2. The van der Waals surface area contributed by atoms with Gasteiger partial charge in [-0.15, -0.1) is 13.2 Å². The number of hydrogen-bond acceptors (Lipinski definition) is 5. The average molecular weight is 410 g/mol. The summed E-state index contributed by atoms with van der Waals surface area (Å²) in [6.45, 7) is 2.47. The summed E-state index contributed by atoms with van der Waals surface area (Å²) in [4.78, 5) is 13.4. The van der Waals surface area contributed by atoms with Crippen molar-refractivity contribution in [2.45, 2.75) is 37.1 Å². The monoisotopic (exact) mass is 410 g/mol. The lowest BCUT2D eigenvalue weighted by molar-refractivity contribution is -0.274. The lowest BCUT2D eigenvalue weighted by Gasteiger charge is -2.18. The third-order valence-corrected chi connectivity index (χ3v) is 5.74. The molecule has 1 aliphatic heterocycles. The largest absolute Gasteiger partial charge is 0.573 e.